The van der Waals surface area contributed by atoms with E-state index in [9.17, 15) is 18.0 Å². The minimum absolute atomic E-state index is 0.0861. The SMILES string of the molecule is O=C(NCc1ccc(F)cc1)c1ccc(Nc2ccc(F)c(F)c2)nn1. The number of amides is 1. The van der Waals surface area contributed by atoms with Crippen molar-refractivity contribution in [3.63, 3.8) is 0 Å². The summed E-state index contributed by atoms with van der Waals surface area (Å²) in [6.07, 6.45) is 0. The van der Waals surface area contributed by atoms with Crippen LogP contribution in [0.1, 0.15) is 16.1 Å². The van der Waals surface area contributed by atoms with Crippen LogP contribution in [0, 0.1) is 17.5 Å². The van der Waals surface area contributed by atoms with Crippen LogP contribution in [-0.4, -0.2) is 16.1 Å². The lowest BCUT2D eigenvalue weighted by Gasteiger charge is -2.07. The Hall–Kier alpha value is -3.42. The van der Waals surface area contributed by atoms with Gasteiger partial charge in [-0.3, -0.25) is 4.79 Å². The van der Waals surface area contributed by atoms with E-state index in [2.05, 4.69) is 20.8 Å². The number of benzene rings is 2. The van der Waals surface area contributed by atoms with Crippen LogP contribution < -0.4 is 10.6 Å². The van der Waals surface area contributed by atoms with Gasteiger partial charge in [-0.1, -0.05) is 12.1 Å². The summed E-state index contributed by atoms with van der Waals surface area (Å²) >= 11 is 0. The molecule has 2 N–H and O–H groups in total. The molecule has 5 nitrogen and oxygen atoms in total. The summed E-state index contributed by atoms with van der Waals surface area (Å²) in [6.45, 7) is 0.218. The lowest BCUT2D eigenvalue weighted by molar-refractivity contribution is 0.0945. The average Bonchev–Trinajstić information content (AvgIpc) is 2.65. The van der Waals surface area contributed by atoms with Crippen molar-refractivity contribution in [1.29, 1.82) is 0 Å². The van der Waals surface area contributed by atoms with Crippen molar-refractivity contribution in [1.82, 2.24) is 15.5 Å². The molecule has 0 aliphatic rings. The Labute approximate surface area is 146 Å². The van der Waals surface area contributed by atoms with Gasteiger partial charge in [0.2, 0.25) is 0 Å². The Morgan fingerprint density at radius 3 is 2.31 bits per heavy atom. The van der Waals surface area contributed by atoms with E-state index in [-0.39, 0.29) is 23.9 Å². The smallest absolute Gasteiger partial charge is 0.272 e. The third kappa shape index (κ3) is 4.35. The number of hydrogen-bond donors (Lipinski definition) is 2. The zero-order valence-electron chi connectivity index (χ0n) is 13.3. The summed E-state index contributed by atoms with van der Waals surface area (Å²) in [5, 5.41) is 13.0. The minimum Gasteiger partial charge on any atom is -0.347 e. The van der Waals surface area contributed by atoms with E-state index in [1.807, 2.05) is 0 Å². The van der Waals surface area contributed by atoms with Gasteiger partial charge in [0.25, 0.3) is 5.91 Å². The fraction of sp³-hybridized carbons (Fsp3) is 0.0556. The maximum atomic E-state index is 13.2. The van der Waals surface area contributed by atoms with Crippen LogP contribution in [0.4, 0.5) is 24.7 Å². The van der Waals surface area contributed by atoms with E-state index in [4.69, 9.17) is 0 Å². The first-order valence-corrected chi connectivity index (χ1v) is 7.60. The van der Waals surface area contributed by atoms with Crippen LogP contribution in [0.5, 0.6) is 0 Å². The van der Waals surface area contributed by atoms with Crippen LogP contribution in [0.25, 0.3) is 0 Å². The topological polar surface area (TPSA) is 66.9 Å². The molecule has 0 saturated carbocycles. The van der Waals surface area contributed by atoms with Crippen molar-refractivity contribution in [2.24, 2.45) is 0 Å². The molecule has 0 aliphatic heterocycles. The molecule has 26 heavy (non-hydrogen) atoms. The van der Waals surface area contributed by atoms with Crippen molar-refractivity contribution < 1.29 is 18.0 Å². The van der Waals surface area contributed by atoms with E-state index < -0.39 is 17.5 Å². The normalized spacial score (nSPS) is 10.4. The Morgan fingerprint density at radius 1 is 0.885 bits per heavy atom. The number of aromatic nitrogens is 2. The van der Waals surface area contributed by atoms with Gasteiger partial charge >= 0.3 is 0 Å². The van der Waals surface area contributed by atoms with Gasteiger partial charge < -0.3 is 10.6 Å². The lowest BCUT2D eigenvalue weighted by atomic mass is 10.2. The highest BCUT2D eigenvalue weighted by atomic mass is 19.2. The van der Waals surface area contributed by atoms with E-state index in [1.165, 1.54) is 30.3 Å². The molecular formula is C18H13F3N4O. The monoisotopic (exact) mass is 358 g/mol. The van der Waals surface area contributed by atoms with Gasteiger partial charge in [-0.25, -0.2) is 13.2 Å². The van der Waals surface area contributed by atoms with E-state index in [1.54, 1.807) is 12.1 Å². The predicted octanol–water partition coefficient (Wildman–Crippen LogP) is 3.57. The first-order valence-electron chi connectivity index (χ1n) is 7.60. The number of rotatable bonds is 5. The summed E-state index contributed by atoms with van der Waals surface area (Å²) in [6, 6.07) is 12.0. The fourth-order valence-corrected chi connectivity index (χ4v) is 2.12. The number of nitrogens with zero attached hydrogens (tertiary/aromatic N) is 2. The quantitative estimate of drug-likeness (QED) is 0.732. The third-order valence-corrected chi connectivity index (χ3v) is 3.46. The Balaban J connectivity index is 1.60. The number of anilines is 2. The van der Waals surface area contributed by atoms with Gasteiger partial charge in [-0.2, -0.15) is 0 Å². The number of halogens is 3. The fourth-order valence-electron chi connectivity index (χ4n) is 2.12. The van der Waals surface area contributed by atoms with E-state index in [0.717, 1.165) is 17.7 Å². The summed E-state index contributed by atoms with van der Waals surface area (Å²) in [5.74, 6) is -2.46. The Kier molecular flexibility index (Phi) is 5.12. The van der Waals surface area contributed by atoms with Crippen molar-refractivity contribution in [3.05, 3.63) is 83.3 Å². The van der Waals surface area contributed by atoms with E-state index in [0.29, 0.717) is 5.69 Å². The highest BCUT2D eigenvalue weighted by Gasteiger charge is 2.09. The van der Waals surface area contributed by atoms with Gasteiger partial charge in [-0.05, 0) is 42.0 Å². The maximum absolute atomic E-state index is 13.2. The molecule has 0 saturated heterocycles. The highest BCUT2D eigenvalue weighted by molar-refractivity contribution is 5.92. The number of carbonyl (C=O) groups excluding carboxylic acids is 1. The molecule has 0 fully saturated rings. The summed E-state index contributed by atoms with van der Waals surface area (Å²) in [4.78, 5) is 12.0. The van der Waals surface area contributed by atoms with Crippen molar-refractivity contribution in [2.75, 3.05) is 5.32 Å². The lowest BCUT2D eigenvalue weighted by Crippen LogP contribution is -2.24. The third-order valence-electron chi connectivity index (χ3n) is 3.46. The second kappa shape index (κ2) is 7.64. The molecular weight excluding hydrogens is 345 g/mol. The molecule has 0 atom stereocenters. The number of nitrogens with one attached hydrogen (secondary N) is 2. The van der Waals surface area contributed by atoms with Crippen LogP contribution >= 0.6 is 0 Å². The highest BCUT2D eigenvalue weighted by Crippen LogP contribution is 2.17. The van der Waals surface area contributed by atoms with Crippen LogP contribution in [-0.2, 0) is 6.54 Å². The largest absolute Gasteiger partial charge is 0.347 e. The molecule has 132 valence electrons. The summed E-state index contributed by atoms with van der Waals surface area (Å²) in [7, 11) is 0. The molecule has 1 aromatic heterocycles. The van der Waals surface area contributed by atoms with Gasteiger partial charge in [0.05, 0.1) is 0 Å². The maximum Gasteiger partial charge on any atom is 0.272 e. The second-order valence-corrected chi connectivity index (χ2v) is 5.37. The average molecular weight is 358 g/mol. The predicted molar refractivity (Wildman–Crippen MR) is 89.2 cm³/mol. The van der Waals surface area contributed by atoms with Crippen molar-refractivity contribution in [3.8, 4) is 0 Å². The van der Waals surface area contributed by atoms with Crippen LogP contribution in [0.3, 0.4) is 0 Å². The molecule has 1 amide bonds. The molecule has 8 heteroatoms. The molecule has 3 aromatic rings. The van der Waals surface area contributed by atoms with Gasteiger partial charge in [0.15, 0.2) is 23.1 Å². The van der Waals surface area contributed by atoms with Gasteiger partial charge in [0, 0.05) is 18.3 Å². The van der Waals surface area contributed by atoms with E-state index >= 15 is 0 Å². The minimum atomic E-state index is -0.986. The molecule has 2 aromatic carbocycles. The van der Waals surface area contributed by atoms with Crippen LogP contribution in [0.2, 0.25) is 0 Å². The Morgan fingerprint density at radius 2 is 1.65 bits per heavy atom. The standard InChI is InChI=1S/C18H13F3N4O/c19-12-3-1-11(2-4-12)10-22-18(26)16-7-8-17(25-24-16)23-13-5-6-14(20)15(21)9-13/h1-9H,10H2,(H,22,26)(H,23,25). The summed E-state index contributed by atoms with van der Waals surface area (Å²) < 4.78 is 38.9. The molecule has 0 bridgehead atoms. The molecule has 0 aliphatic carbocycles. The summed E-state index contributed by atoms with van der Waals surface area (Å²) in [5.41, 5.74) is 1.12. The molecule has 0 radical (unpaired) electrons. The molecule has 1 heterocycles. The first kappa shape index (κ1) is 17.4. The van der Waals surface area contributed by atoms with Crippen molar-refractivity contribution in [2.45, 2.75) is 6.54 Å². The zero-order valence-corrected chi connectivity index (χ0v) is 13.3. The Bertz CT molecular complexity index is 915. The van der Waals surface area contributed by atoms with Crippen molar-refractivity contribution >= 4 is 17.4 Å². The number of hydrogen-bond acceptors (Lipinski definition) is 4. The zero-order chi connectivity index (χ0) is 18.5. The first-order chi connectivity index (χ1) is 12.5. The number of carbonyl (C=O) groups is 1. The molecule has 0 spiro atoms. The van der Waals surface area contributed by atoms with Crippen LogP contribution in [0.15, 0.2) is 54.6 Å². The molecule has 3 rings (SSSR count). The second-order valence-electron chi connectivity index (χ2n) is 5.37. The van der Waals surface area contributed by atoms with Gasteiger partial charge in [-0.15, -0.1) is 10.2 Å². The van der Waals surface area contributed by atoms with Gasteiger partial charge in [0.1, 0.15) is 5.82 Å². The molecule has 0 unspecified atom stereocenters.